The molecule has 2 N–H and O–H groups in total. The van der Waals surface area contributed by atoms with Crippen LogP contribution in [0.5, 0.6) is 0 Å². The lowest BCUT2D eigenvalue weighted by Gasteiger charge is -2.12. The van der Waals surface area contributed by atoms with E-state index in [2.05, 4.69) is 29.5 Å². The molecule has 0 aromatic rings. The van der Waals surface area contributed by atoms with Gasteiger partial charge in [-0.2, -0.15) is 0 Å². The van der Waals surface area contributed by atoms with Gasteiger partial charge in [0.1, 0.15) is 0 Å². The minimum absolute atomic E-state index is 0.778. The van der Waals surface area contributed by atoms with Gasteiger partial charge in [-0.3, -0.25) is 4.99 Å². The highest BCUT2D eigenvalue weighted by molar-refractivity contribution is 5.79. The van der Waals surface area contributed by atoms with Crippen LogP contribution in [0.4, 0.5) is 0 Å². The van der Waals surface area contributed by atoms with E-state index in [0.29, 0.717) is 0 Å². The van der Waals surface area contributed by atoms with Crippen molar-refractivity contribution in [3.63, 3.8) is 0 Å². The van der Waals surface area contributed by atoms with Gasteiger partial charge in [0.25, 0.3) is 0 Å². The third kappa shape index (κ3) is 9.77. The van der Waals surface area contributed by atoms with Crippen LogP contribution in [0.2, 0.25) is 0 Å². The van der Waals surface area contributed by atoms with Crippen LogP contribution >= 0.6 is 0 Å². The monoisotopic (exact) mass is 269 g/mol. The molecule has 0 aromatic carbocycles. The van der Waals surface area contributed by atoms with Crippen molar-refractivity contribution in [3.8, 4) is 0 Å². The van der Waals surface area contributed by atoms with Crippen LogP contribution in [-0.4, -0.2) is 39.3 Å². The number of rotatable bonds is 10. The average Bonchev–Trinajstić information content (AvgIpc) is 3.19. The van der Waals surface area contributed by atoms with E-state index in [0.717, 1.165) is 50.5 Å². The summed E-state index contributed by atoms with van der Waals surface area (Å²) in [7, 11) is 1.82. The molecule has 0 radical (unpaired) electrons. The zero-order valence-electron chi connectivity index (χ0n) is 12.9. The number of nitrogens with zero attached hydrogens (tertiary/aromatic N) is 1. The first-order valence-corrected chi connectivity index (χ1v) is 7.74. The van der Waals surface area contributed by atoms with Crippen LogP contribution in [-0.2, 0) is 4.74 Å². The van der Waals surface area contributed by atoms with Crippen molar-refractivity contribution in [2.45, 2.75) is 46.0 Å². The number of ether oxygens (including phenoxy) is 1. The Balaban J connectivity index is 1.89. The molecule has 112 valence electrons. The minimum atomic E-state index is 0.778. The van der Waals surface area contributed by atoms with E-state index in [1.165, 1.54) is 25.7 Å². The number of hydrogen-bond acceptors (Lipinski definition) is 2. The predicted octanol–water partition coefficient (Wildman–Crippen LogP) is 2.40. The third-order valence-corrected chi connectivity index (χ3v) is 3.28. The Kier molecular flexibility index (Phi) is 8.63. The quantitative estimate of drug-likeness (QED) is 0.364. The number of nitrogens with one attached hydrogen (secondary N) is 2. The SMILES string of the molecule is CN=C(NCCCOCC1CC1)NCCCC(C)C. The van der Waals surface area contributed by atoms with Gasteiger partial charge in [0.15, 0.2) is 5.96 Å². The van der Waals surface area contributed by atoms with Gasteiger partial charge in [-0.05, 0) is 43.9 Å². The molecule has 0 bridgehead atoms. The van der Waals surface area contributed by atoms with Crippen LogP contribution in [0.3, 0.4) is 0 Å². The highest BCUT2D eigenvalue weighted by Gasteiger charge is 2.20. The summed E-state index contributed by atoms with van der Waals surface area (Å²) in [5.41, 5.74) is 0. The van der Waals surface area contributed by atoms with Crippen molar-refractivity contribution in [2.24, 2.45) is 16.8 Å². The second-order valence-electron chi connectivity index (χ2n) is 5.83. The highest BCUT2D eigenvalue weighted by atomic mass is 16.5. The van der Waals surface area contributed by atoms with Crippen LogP contribution in [0.25, 0.3) is 0 Å². The van der Waals surface area contributed by atoms with Crippen molar-refractivity contribution in [1.29, 1.82) is 0 Å². The number of aliphatic imine (C=N–C) groups is 1. The Morgan fingerprint density at radius 2 is 1.89 bits per heavy atom. The third-order valence-electron chi connectivity index (χ3n) is 3.28. The number of hydrogen-bond donors (Lipinski definition) is 2. The van der Waals surface area contributed by atoms with Crippen LogP contribution in [0.15, 0.2) is 4.99 Å². The summed E-state index contributed by atoms with van der Waals surface area (Å²) in [6.07, 6.45) is 6.23. The van der Waals surface area contributed by atoms with Gasteiger partial charge in [0, 0.05) is 33.4 Å². The molecule has 0 saturated heterocycles. The molecule has 0 atom stereocenters. The molecule has 1 saturated carbocycles. The average molecular weight is 269 g/mol. The summed E-state index contributed by atoms with van der Waals surface area (Å²) < 4.78 is 5.60. The Hall–Kier alpha value is -0.770. The lowest BCUT2D eigenvalue weighted by atomic mass is 10.1. The van der Waals surface area contributed by atoms with Crippen molar-refractivity contribution in [3.05, 3.63) is 0 Å². The molecule has 1 aliphatic rings. The van der Waals surface area contributed by atoms with Gasteiger partial charge in [0.05, 0.1) is 0 Å². The van der Waals surface area contributed by atoms with Crippen LogP contribution in [0.1, 0.15) is 46.0 Å². The summed E-state index contributed by atoms with van der Waals surface area (Å²) in [6, 6.07) is 0. The summed E-state index contributed by atoms with van der Waals surface area (Å²) in [5, 5.41) is 6.66. The van der Waals surface area contributed by atoms with Gasteiger partial charge >= 0.3 is 0 Å². The largest absolute Gasteiger partial charge is 0.381 e. The molecule has 1 aliphatic carbocycles. The molecule has 1 rings (SSSR count). The lowest BCUT2D eigenvalue weighted by molar-refractivity contribution is 0.123. The van der Waals surface area contributed by atoms with Gasteiger partial charge in [-0.15, -0.1) is 0 Å². The van der Waals surface area contributed by atoms with Gasteiger partial charge < -0.3 is 15.4 Å². The van der Waals surface area contributed by atoms with Crippen LogP contribution in [0, 0.1) is 11.8 Å². The fraction of sp³-hybridized carbons (Fsp3) is 0.933. The predicted molar refractivity (Wildman–Crippen MR) is 81.6 cm³/mol. The smallest absolute Gasteiger partial charge is 0.190 e. The summed E-state index contributed by atoms with van der Waals surface area (Å²) in [4.78, 5) is 4.21. The molecule has 19 heavy (non-hydrogen) atoms. The maximum absolute atomic E-state index is 5.60. The van der Waals surface area contributed by atoms with E-state index in [1.807, 2.05) is 7.05 Å². The summed E-state index contributed by atoms with van der Waals surface area (Å²) in [6.45, 7) is 8.25. The summed E-state index contributed by atoms with van der Waals surface area (Å²) >= 11 is 0. The van der Waals surface area contributed by atoms with E-state index in [1.54, 1.807) is 0 Å². The first kappa shape index (κ1) is 16.3. The Morgan fingerprint density at radius 3 is 2.47 bits per heavy atom. The van der Waals surface area contributed by atoms with E-state index in [9.17, 15) is 0 Å². The molecule has 4 nitrogen and oxygen atoms in total. The molecule has 0 spiro atoms. The molecular formula is C15H31N3O. The van der Waals surface area contributed by atoms with Gasteiger partial charge in [-0.25, -0.2) is 0 Å². The van der Waals surface area contributed by atoms with E-state index < -0.39 is 0 Å². The fourth-order valence-electron chi connectivity index (χ4n) is 1.85. The number of guanidine groups is 1. The minimum Gasteiger partial charge on any atom is -0.381 e. The molecular weight excluding hydrogens is 238 g/mol. The molecule has 0 aromatic heterocycles. The van der Waals surface area contributed by atoms with E-state index in [-0.39, 0.29) is 0 Å². The molecule has 1 fully saturated rings. The lowest BCUT2D eigenvalue weighted by Crippen LogP contribution is -2.38. The highest BCUT2D eigenvalue weighted by Crippen LogP contribution is 2.28. The van der Waals surface area contributed by atoms with Crippen molar-refractivity contribution in [2.75, 3.05) is 33.4 Å². The summed E-state index contributed by atoms with van der Waals surface area (Å²) in [5.74, 6) is 2.55. The van der Waals surface area contributed by atoms with E-state index in [4.69, 9.17) is 4.74 Å². The topological polar surface area (TPSA) is 45.7 Å². The Bertz CT molecular complexity index is 250. The molecule has 0 aliphatic heterocycles. The standard InChI is InChI=1S/C15H31N3O/c1-13(2)6-4-9-17-15(16-3)18-10-5-11-19-12-14-7-8-14/h13-14H,4-12H2,1-3H3,(H2,16,17,18). The maximum atomic E-state index is 5.60. The first-order valence-electron chi connectivity index (χ1n) is 7.74. The van der Waals surface area contributed by atoms with Gasteiger partial charge in [0.2, 0.25) is 0 Å². The van der Waals surface area contributed by atoms with Crippen molar-refractivity contribution < 1.29 is 4.74 Å². The fourth-order valence-corrected chi connectivity index (χ4v) is 1.85. The normalized spacial score (nSPS) is 15.9. The van der Waals surface area contributed by atoms with E-state index >= 15 is 0 Å². The van der Waals surface area contributed by atoms with Crippen molar-refractivity contribution in [1.82, 2.24) is 10.6 Å². The second-order valence-corrected chi connectivity index (χ2v) is 5.83. The molecule has 4 heteroatoms. The van der Waals surface area contributed by atoms with Crippen LogP contribution < -0.4 is 10.6 Å². The molecule has 0 heterocycles. The Morgan fingerprint density at radius 1 is 1.21 bits per heavy atom. The second kappa shape index (κ2) is 10.1. The first-order chi connectivity index (χ1) is 9.22. The maximum Gasteiger partial charge on any atom is 0.190 e. The zero-order chi connectivity index (χ0) is 13.9. The molecule has 0 unspecified atom stereocenters. The molecule has 0 amide bonds. The van der Waals surface area contributed by atoms with Gasteiger partial charge in [-0.1, -0.05) is 13.8 Å². The zero-order valence-corrected chi connectivity index (χ0v) is 12.9. The Labute approximate surface area is 118 Å². The van der Waals surface area contributed by atoms with Crippen molar-refractivity contribution >= 4 is 5.96 Å².